The average molecular weight is 382 g/mol. The maximum absolute atomic E-state index is 11.9. The second-order valence-electron chi connectivity index (χ2n) is 5.07. The van der Waals surface area contributed by atoms with Crippen molar-refractivity contribution in [2.24, 2.45) is 11.7 Å². The molecule has 0 unspecified atom stereocenters. The maximum Gasteiger partial charge on any atom is 0.220 e. The van der Waals surface area contributed by atoms with E-state index in [0.717, 1.165) is 29.3 Å². The highest BCUT2D eigenvalue weighted by atomic mass is 79.9. The van der Waals surface area contributed by atoms with Crippen molar-refractivity contribution in [3.63, 3.8) is 0 Å². The highest BCUT2D eigenvalue weighted by Crippen LogP contribution is 2.26. The number of nitrogens with two attached hydrogens (primary N) is 1. The lowest BCUT2D eigenvalue weighted by molar-refractivity contribution is -0.122. The largest absolute Gasteiger partial charge is 0.352 e. The second kappa shape index (κ2) is 8.23. The third-order valence-electron chi connectivity index (χ3n) is 3.66. The summed E-state index contributed by atoms with van der Waals surface area (Å²) in [6.07, 6.45) is 3.76. The molecule has 0 bridgehead atoms. The van der Waals surface area contributed by atoms with Gasteiger partial charge in [-0.05, 0) is 36.5 Å². The molecule has 1 aliphatic rings. The molecular formula is C14H19BrCl2N2O. The lowest BCUT2D eigenvalue weighted by Crippen LogP contribution is -2.31. The molecule has 3 N–H and O–H groups in total. The summed E-state index contributed by atoms with van der Waals surface area (Å²) in [5.41, 5.74) is 6.89. The Bertz CT molecular complexity index is 470. The topological polar surface area (TPSA) is 55.1 Å². The van der Waals surface area contributed by atoms with Gasteiger partial charge in [-0.25, -0.2) is 0 Å². The van der Waals surface area contributed by atoms with Crippen LogP contribution in [0.15, 0.2) is 22.7 Å². The fourth-order valence-electron chi connectivity index (χ4n) is 2.49. The van der Waals surface area contributed by atoms with Crippen LogP contribution in [0.1, 0.15) is 31.2 Å². The Labute approximate surface area is 139 Å². The molecule has 6 heteroatoms. The Morgan fingerprint density at radius 3 is 2.80 bits per heavy atom. The van der Waals surface area contributed by atoms with Gasteiger partial charge in [0.1, 0.15) is 0 Å². The highest BCUT2D eigenvalue weighted by molar-refractivity contribution is 9.10. The van der Waals surface area contributed by atoms with E-state index >= 15 is 0 Å². The quantitative estimate of drug-likeness (QED) is 0.836. The van der Waals surface area contributed by atoms with Crippen LogP contribution in [-0.4, -0.2) is 11.9 Å². The highest BCUT2D eigenvalue weighted by Gasteiger charge is 2.25. The van der Waals surface area contributed by atoms with Gasteiger partial charge in [0.15, 0.2) is 0 Å². The first-order valence-electron chi connectivity index (χ1n) is 6.52. The minimum atomic E-state index is 0. The van der Waals surface area contributed by atoms with Gasteiger partial charge in [0.2, 0.25) is 5.91 Å². The third kappa shape index (κ3) is 4.92. The number of halogens is 3. The van der Waals surface area contributed by atoms with Gasteiger partial charge in [0.25, 0.3) is 0 Å². The van der Waals surface area contributed by atoms with Crippen molar-refractivity contribution in [2.75, 3.05) is 0 Å². The van der Waals surface area contributed by atoms with Crippen molar-refractivity contribution in [3.05, 3.63) is 33.3 Å². The minimum Gasteiger partial charge on any atom is -0.352 e. The normalized spacial score (nSPS) is 21.4. The van der Waals surface area contributed by atoms with Gasteiger partial charge < -0.3 is 11.1 Å². The maximum atomic E-state index is 11.9. The molecule has 1 aromatic rings. The Kier molecular flexibility index (Phi) is 7.30. The van der Waals surface area contributed by atoms with Gasteiger partial charge in [0.05, 0.1) is 0 Å². The zero-order valence-corrected chi connectivity index (χ0v) is 14.2. The van der Waals surface area contributed by atoms with Gasteiger partial charge in [-0.15, -0.1) is 12.4 Å². The van der Waals surface area contributed by atoms with E-state index in [-0.39, 0.29) is 24.4 Å². The predicted molar refractivity (Wildman–Crippen MR) is 88.2 cm³/mol. The molecule has 0 saturated heterocycles. The number of carbonyl (C=O) groups is 1. The van der Waals surface area contributed by atoms with E-state index in [4.69, 9.17) is 17.3 Å². The molecule has 0 aromatic heterocycles. The molecule has 3 nitrogen and oxygen atoms in total. The fraction of sp³-hybridized carbons (Fsp3) is 0.500. The minimum absolute atomic E-state index is 0. The van der Waals surface area contributed by atoms with Crippen molar-refractivity contribution in [3.8, 4) is 0 Å². The molecule has 1 fully saturated rings. The average Bonchev–Trinajstić information content (AvgIpc) is 2.74. The summed E-state index contributed by atoms with van der Waals surface area (Å²) in [7, 11) is 0. The second-order valence-corrected chi connectivity index (χ2v) is 6.39. The first-order valence-corrected chi connectivity index (χ1v) is 7.69. The summed E-state index contributed by atoms with van der Waals surface area (Å²) in [6.45, 7) is 0.465. The molecule has 1 amide bonds. The van der Waals surface area contributed by atoms with Crippen LogP contribution in [0.4, 0.5) is 0 Å². The number of hydrogen-bond acceptors (Lipinski definition) is 2. The summed E-state index contributed by atoms with van der Waals surface area (Å²) in [6, 6.07) is 5.84. The van der Waals surface area contributed by atoms with E-state index in [2.05, 4.69) is 21.2 Å². The Hall–Kier alpha value is -0.290. The fourth-order valence-corrected chi connectivity index (χ4v) is 3.23. The number of carbonyl (C=O) groups excluding carboxylic acids is 1. The molecule has 2 rings (SSSR count). The number of amides is 1. The van der Waals surface area contributed by atoms with Crippen molar-refractivity contribution in [1.29, 1.82) is 0 Å². The molecule has 2 atom stereocenters. The first-order chi connectivity index (χ1) is 9.06. The van der Waals surface area contributed by atoms with E-state index in [1.54, 1.807) is 0 Å². The molecule has 1 aromatic carbocycles. The standard InChI is InChI=1S/C14H18BrClN2O.ClH/c15-11-5-4-10(12(16)7-11)8-18-14(19)6-9-2-1-3-13(9)17;/h4-5,7,9,13H,1-3,6,8,17H2,(H,18,19);1H/t9-,13+;/m0./s1. The third-order valence-corrected chi connectivity index (χ3v) is 4.50. The summed E-state index contributed by atoms with van der Waals surface area (Å²) >= 11 is 9.46. The molecule has 0 radical (unpaired) electrons. The van der Waals surface area contributed by atoms with Crippen LogP contribution in [0.2, 0.25) is 5.02 Å². The Morgan fingerprint density at radius 1 is 1.45 bits per heavy atom. The molecular weight excluding hydrogens is 363 g/mol. The number of rotatable bonds is 4. The lowest BCUT2D eigenvalue weighted by atomic mass is 10.00. The first kappa shape index (κ1) is 17.8. The molecule has 1 aliphatic carbocycles. The van der Waals surface area contributed by atoms with E-state index in [1.807, 2.05) is 18.2 Å². The molecule has 20 heavy (non-hydrogen) atoms. The van der Waals surface area contributed by atoms with Crippen LogP contribution in [0.5, 0.6) is 0 Å². The number of nitrogens with one attached hydrogen (secondary N) is 1. The Morgan fingerprint density at radius 2 is 2.20 bits per heavy atom. The molecule has 112 valence electrons. The number of benzene rings is 1. The smallest absolute Gasteiger partial charge is 0.220 e. The van der Waals surface area contributed by atoms with Crippen LogP contribution in [0.25, 0.3) is 0 Å². The van der Waals surface area contributed by atoms with Gasteiger partial charge in [-0.3, -0.25) is 4.79 Å². The van der Waals surface area contributed by atoms with E-state index in [0.29, 0.717) is 23.9 Å². The van der Waals surface area contributed by atoms with Crippen LogP contribution in [0, 0.1) is 5.92 Å². The monoisotopic (exact) mass is 380 g/mol. The van der Waals surface area contributed by atoms with Crippen molar-refractivity contribution >= 4 is 45.8 Å². The molecule has 0 spiro atoms. The van der Waals surface area contributed by atoms with E-state index in [9.17, 15) is 4.79 Å². The van der Waals surface area contributed by atoms with Crippen LogP contribution in [0.3, 0.4) is 0 Å². The van der Waals surface area contributed by atoms with Gasteiger partial charge in [-0.1, -0.05) is 40.0 Å². The van der Waals surface area contributed by atoms with E-state index in [1.165, 1.54) is 0 Å². The molecule has 0 heterocycles. The predicted octanol–water partition coefficient (Wildman–Crippen LogP) is 3.66. The van der Waals surface area contributed by atoms with Gasteiger partial charge in [-0.2, -0.15) is 0 Å². The summed E-state index contributed by atoms with van der Waals surface area (Å²) in [4.78, 5) is 11.9. The van der Waals surface area contributed by atoms with E-state index < -0.39 is 0 Å². The lowest BCUT2D eigenvalue weighted by Gasteiger charge is -2.15. The summed E-state index contributed by atoms with van der Waals surface area (Å²) < 4.78 is 0.935. The van der Waals surface area contributed by atoms with Gasteiger partial charge >= 0.3 is 0 Å². The zero-order valence-electron chi connectivity index (χ0n) is 11.1. The zero-order chi connectivity index (χ0) is 13.8. The number of hydrogen-bond donors (Lipinski definition) is 2. The van der Waals surface area contributed by atoms with Crippen LogP contribution in [-0.2, 0) is 11.3 Å². The molecule has 1 saturated carbocycles. The van der Waals surface area contributed by atoms with Gasteiger partial charge in [0, 0.05) is 28.5 Å². The van der Waals surface area contributed by atoms with Crippen LogP contribution < -0.4 is 11.1 Å². The van der Waals surface area contributed by atoms with Crippen molar-refractivity contribution < 1.29 is 4.79 Å². The summed E-state index contributed by atoms with van der Waals surface area (Å²) in [5, 5.41) is 3.57. The Balaban J connectivity index is 0.00000200. The summed E-state index contributed by atoms with van der Waals surface area (Å²) in [5.74, 6) is 0.390. The van der Waals surface area contributed by atoms with Crippen molar-refractivity contribution in [2.45, 2.75) is 38.3 Å². The SMILES string of the molecule is Cl.N[C@@H]1CCC[C@H]1CC(=O)NCc1ccc(Br)cc1Cl. The van der Waals surface area contributed by atoms with Crippen LogP contribution >= 0.6 is 39.9 Å². The van der Waals surface area contributed by atoms with Crippen molar-refractivity contribution in [1.82, 2.24) is 5.32 Å². The molecule has 0 aliphatic heterocycles.